The van der Waals surface area contributed by atoms with E-state index in [2.05, 4.69) is 0 Å². The maximum absolute atomic E-state index is 14.0. The van der Waals surface area contributed by atoms with Gasteiger partial charge >= 0.3 is 5.92 Å². The lowest BCUT2D eigenvalue weighted by molar-refractivity contribution is 0.00955. The molecular formula is C18H14F4O. The Kier molecular flexibility index (Phi) is 4.68. The average Bonchev–Trinajstić information content (AvgIpc) is 2.54. The number of allylic oxidation sites excluding steroid dienone is 2. The number of carbonyl (C=O) groups is 1. The van der Waals surface area contributed by atoms with Gasteiger partial charge in [-0.2, -0.15) is 13.2 Å². The summed E-state index contributed by atoms with van der Waals surface area (Å²) in [5.74, 6) is -10.1. The summed E-state index contributed by atoms with van der Waals surface area (Å²) < 4.78 is 55.9. The number of carbonyl (C=O) groups excluding carboxylic acids is 1. The molecule has 0 saturated heterocycles. The van der Waals surface area contributed by atoms with Gasteiger partial charge in [0, 0.05) is 11.1 Å². The van der Waals surface area contributed by atoms with Gasteiger partial charge in [-0.1, -0.05) is 59.7 Å². The molecule has 0 atom stereocenters. The van der Waals surface area contributed by atoms with Crippen LogP contribution in [-0.4, -0.2) is 5.78 Å². The van der Waals surface area contributed by atoms with Crippen molar-refractivity contribution in [1.82, 2.24) is 0 Å². The SMILES string of the molecule is Cc1ccc(C(=O)/C(F)=C(\F)C(F)(F)c2ccc(C)cc2)cc1. The van der Waals surface area contributed by atoms with Crippen LogP contribution >= 0.6 is 0 Å². The van der Waals surface area contributed by atoms with Crippen LogP contribution in [0.5, 0.6) is 0 Å². The van der Waals surface area contributed by atoms with Crippen LogP contribution < -0.4 is 0 Å². The number of hydrogen-bond acceptors (Lipinski definition) is 1. The predicted octanol–water partition coefficient (Wildman–Crippen LogP) is 5.43. The van der Waals surface area contributed by atoms with Crippen LogP contribution in [0.2, 0.25) is 0 Å². The zero-order chi connectivity index (χ0) is 17.2. The van der Waals surface area contributed by atoms with Gasteiger partial charge in [0.15, 0.2) is 0 Å². The summed E-state index contributed by atoms with van der Waals surface area (Å²) in [6, 6.07) is 10.2. The van der Waals surface area contributed by atoms with Gasteiger partial charge in [-0.3, -0.25) is 4.79 Å². The summed E-state index contributed by atoms with van der Waals surface area (Å²) in [5, 5.41) is 0. The molecule has 0 N–H and O–H groups in total. The number of benzene rings is 2. The molecule has 0 aromatic heterocycles. The second kappa shape index (κ2) is 6.36. The minimum atomic E-state index is -4.21. The first-order valence-corrected chi connectivity index (χ1v) is 6.85. The number of ketones is 1. The van der Waals surface area contributed by atoms with Gasteiger partial charge in [0.25, 0.3) is 0 Å². The minimum Gasteiger partial charge on any atom is -0.286 e. The maximum Gasteiger partial charge on any atom is 0.327 e. The van der Waals surface area contributed by atoms with Crippen LogP contribution in [0.25, 0.3) is 0 Å². The number of hydrogen-bond donors (Lipinski definition) is 0. The van der Waals surface area contributed by atoms with Crippen molar-refractivity contribution < 1.29 is 22.4 Å². The van der Waals surface area contributed by atoms with Crippen LogP contribution in [0.1, 0.15) is 27.0 Å². The van der Waals surface area contributed by atoms with Crippen molar-refractivity contribution >= 4 is 5.78 Å². The second-order valence-corrected chi connectivity index (χ2v) is 5.26. The molecule has 120 valence electrons. The molecule has 0 aliphatic carbocycles. The molecule has 0 fully saturated rings. The predicted molar refractivity (Wildman–Crippen MR) is 79.8 cm³/mol. The molecule has 2 rings (SSSR count). The molecule has 23 heavy (non-hydrogen) atoms. The Balaban J connectivity index is 2.39. The highest BCUT2D eigenvalue weighted by molar-refractivity contribution is 6.07. The van der Waals surface area contributed by atoms with E-state index in [0.29, 0.717) is 5.56 Å². The summed E-state index contributed by atoms with van der Waals surface area (Å²) in [6.45, 7) is 3.42. The number of aryl methyl sites for hydroxylation is 2. The molecule has 2 aromatic carbocycles. The van der Waals surface area contributed by atoms with E-state index in [1.54, 1.807) is 13.8 Å². The van der Waals surface area contributed by atoms with E-state index in [9.17, 15) is 22.4 Å². The molecule has 0 bridgehead atoms. The molecule has 0 aliphatic rings. The topological polar surface area (TPSA) is 17.1 Å². The molecule has 1 nitrogen and oxygen atoms in total. The van der Waals surface area contributed by atoms with E-state index >= 15 is 0 Å². The lowest BCUT2D eigenvalue weighted by atomic mass is 10.0. The van der Waals surface area contributed by atoms with Crippen molar-refractivity contribution in [2.45, 2.75) is 19.8 Å². The largest absolute Gasteiger partial charge is 0.327 e. The van der Waals surface area contributed by atoms with Gasteiger partial charge in [-0.15, -0.1) is 0 Å². The normalized spacial score (nSPS) is 12.8. The first-order valence-electron chi connectivity index (χ1n) is 6.85. The summed E-state index contributed by atoms with van der Waals surface area (Å²) >= 11 is 0. The molecular weight excluding hydrogens is 308 g/mol. The highest BCUT2D eigenvalue weighted by atomic mass is 19.3. The van der Waals surface area contributed by atoms with Gasteiger partial charge in [0.05, 0.1) is 0 Å². The molecule has 0 radical (unpaired) electrons. The van der Waals surface area contributed by atoms with E-state index in [1.807, 2.05) is 0 Å². The van der Waals surface area contributed by atoms with Crippen LogP contribution in [0.4, 0.5) is 17.6 Å². The second-order valence-electron chi connectivity index (χ2n) is 5.26. The molecule has 0 unspecified atom stereocenters. The first kappa shape index (κ1) is 16.9. The van der Waals surface area contributed by atoms with Gasteiger partial charge in [0.2, 0.25) is 17.4 Å². The van der Waals surface area contributed by atoms with Crippen LogP contribution in [0.15, 0.2) is 60.2 Å². The van der Waals surface area contributed by atoms with E-state index in [0.717, 1.165) is 17.7 Å². The Bertz CT molecular complexity index is 744. The highest BCUT2D eigenvalue weighted by Crippen LogP contribution is 2.39. The fourth-order valence-corrected chi connectivity index (χ4v) is 1.96. The molecule has 0 spiro atoms. The Morgan fingerprint density at radius 2 is 1.26 bits per heavy atom. The summed E-state index contributed by atoms with van der Waals surface area (Å²) in [7, 11) is 0. The van der Waals surface area contributed by atoms with E-state index < -0.39 is 28.9 Å². The Labute approximate surface area is 131 Å². The minimum absolute atomic E-state index is 0.192. The van der Waals surface area contributed by atoms with Crippen molar-refractivity contribution in [3.63, 3.8) is 0 Å². The Morgan fingerprint density at radius 3 is 1.74 bits per heavy atom. The zero-order valence-corrected chi connectivity index (χ0v) is 12.5. The molecule has 0 amide bonds. The van der Waals surface area contributed by atoms with Gasteiger partial charge in [0.1, 0.15) is 0 Å². The average molecular weight is 322 g/mol. The molecule has 0 aliphatic heterocycles. The van der Waals surface area contributed by atoms with Gasteiger partial charge in [-0.05, 0) is 13.8 Å². The summed E-state index contributed by atoms with van der Waals surface area (Å²) in [4.78, 5) is 11.8. The van der Waals surface area contributed by atoms with Crippen molar-refractivity contribution in [3.05, 3.63) is 82.4 Å². The highest BCUT2D eigenvalue weighted by Gasteiger charge is 2.41. The van der Waals surface area contributed by atoms with Crippen molar-refractivity contribution in [2.75, 3.05) is 0 Å². The lowest BCUT2D eigenvalue weighted by Gasteiger charge is -2.15. The molecule has 2 aromatic rings. The smallest absolute Gasteiger partial charge is 0.286 e. The fourth-order valence-electron chi connectivity index (χ4n) is 1.96. The first-order chi connectivity index (χ1) is 10.7. The number of Topliss-reactive ketones (excluding diaryl/α,β-unsaturated/α-hetero) is 1. The zero-order valence-electron chi connectivity index (χ0n) is 12.5. The van der Waals surface area contributed by atoms with Gasteiger partial charge in [-0.25, -0.2) is 4.39 Å². The molecule has 0 heterocycles. The quantitative estimate of drug-likeness (QED) is 0.417. The lowest BCUT2D eigenvalue weighted by Crippen LogP contribution is -2.17. The summed E-state index contributed by atoms with van der Waals surface area (Å²) in [6.07, 6.45) is 0. The maximum atomic E-state index is 14.0. The Morgan fingerprint density at radius 1 is 0.826 bits per heavy atom. The monoisotopic (exact) mass is 322 g/mol. The Hall–Kier alpha value is -2.43. The third-order valence-corrected chi connectivity index (χ3v) is 3.40. The van der Waals surface area contributed by atoms with E-state index in [4.69, 9.17) is 0 Å². The number of rotatable bonds is 4. The van der Waals surface area contributed by atoms with E-state index in [1.165, 1.54) is 36.4 Å². The van der Waals surface area contributed by atoms with Gasteiger partial charge < -0.3 is 0 Å². The standard InChI is InChI=1S/C18H14F4O/c1-11-3-7-13(8-4-11)16(23)15(19)17(20)18(21,22)14-9-5-12(2)6-10-14/h3-10H,1-2H3/b17-15+. The van der Waals surface area contributed by atoms with Crippen molar-refractivity contribution in [1.29, 1.82) is 0 Å². The van der Waals surface area contributed by atoms with Crippen LogP contribution in [0.3, 0.4) is 0 Å². The number of halogens is 4. The van der Waals surface area contributed by atoms with Crippen molar-refractivity contribution in [3.8, 4) is 0 Å². The van der Waals surface area contributed by atoms with Crippen molar-refractivity contribution in [2.24, 2.45) is 0 Å². The molecule has 5 heteroatoms. The van der Waals surface area contributed by atoms with Crippen LogP contribution in [-0.2, 0) is 5.92 Å². The van der Waals surface area contributed by atoms with Crippen LogP contribution in [0, 0.1) is 13.8 Å². The third-order valence-electron chi connectivity index (χ3n) is 3.40. The fraction of sp³-hybridized carbons (Fsp3) is 0.167. The summed E-state index contributed by atoms with van der Waals surface area (Å²) in [5.41, 5.74) is 0.594. The third kappa shape index (κ3) is 3.50. The molecule has 0 saturated carbocycles. The van der Waals surface area contributed by atoms with E-state index in [-0.39, 0.29) is 5.56 Å². The number of alkyl halides is 2.